The number of Topliss-reactive ketones (excluding diaryl/α,β-unsaturated/α-hetero) is 1. The van der Waals surface area contributed by atoms with E-state index in [4.69, 9.17) is 0 Å². The minimum absolute atomic E-state index is 0.0232. The van der Waals surface area contributed by atoms with Crippen molar-refractivity contribution in [1.29, 1.82) is 0 Å². The Balaban J connectivity index is 2.21. The van der Waals surface area contributed by atoms with Crippen LogP contribution in [-0.2, 0) is 5.41 Å². The molecule has 4 heteroatoms. The molecule has 3 unspecified atom stereocenters. The highest BCUT2D eigenvalue weighted by Gasteiger charge is 2.55. The number of ketones is 1. The lowest BCUT2D eigenvalue weighted by Crippen LogP contribution is -2.54. The quantitative estimate of drug-likeness (QED) is 0.642. The lowest BCUT2D eigenvalue weighted by Gasteiger charge is -2.55. The van der Waals surface area contributed by atoms with Crippen molar-refractivity contribution < 1.29 is 20.1 Å². The summed E-state index contributed by atoms with van der Waals surface area (Å²) in [5.74, 6) is -0.436. The molecule has 0 aliphatic heterocycles. The van der Waals surface area contributed by atoms with E-state index in [1.807, 2.05) is 13.8 Å². The lowest BCUT2D eigenvalue weighted by molar-refractivity contribution is -0.0687. The van der Waals surface area contributed by atoms with E-state index in [0.29, 0.717) is 18.4 Å². The van der Waals surface area contributed by atoms with E-state index in [1.165, 1.54) is 12.1 Å². The molecule has 4 nitrogen and oxygen atoms in total. The second-order valence-corrected chi connectivity index (χ2v) is 7.36. The molecule has 0 aromatic heterocycles. The first kappa shape index (κ1) is 14.4. The van der Waals surface area contributed by atoms with Crippen molar-refractivity contribution in [1.82, 2.24) is 0 Å². The molecule has 3 atom stereocenters. The number of hydrogen-bond acceptors (Lipinski definition) is 4. The van der Waals surface area contributed by atoms with Crippen molar-refractivity contribution in [2.45, 2.75) is 51.6 Å². The number of aromatic hydroxyl groups is 2. The van der Waals surface area contributed by atoms with E-state index in [1.54, 1.807) is 0 Å². The summed E-state index contributed by atoms with van der Waals surface area (Å²) in [7, 11) is 0. The highest BCUT2D eigenvalue weighted by atomic mass is 16.3. The molecule has 3 N–H and O–H groups in total. The fraction of sp³-hybridized carbons (Fsp3) is 0.588. The van der Waals surface area contributed by atoms with Gasteiger partial charge in [0.05, 0.1) is 6.10 Å². The molecule has 0 heterocycles. The van der Waals surface area contributed by atoms with Gasteiger partial charge in [0.25, 0.3) is 0 Å². The fourth-order valence-corrected chi connectivity index (χ4v) is 4.42. The van der Waals surface area contributed by atoms with Crippen molar-refractivity contribution in [3.8, 4) is 11.5 Å². The Labute approximate surface area is 124 Å². The summed E-state index contributed by atoms with van der Waals surface area (Å²) < 4.78 is 0. The van der Waals surface area contributed by atoms with Gasteiger partial charge >= 0.3 is 0 Å². The third-order valence-corrected chi connectivity index (χ3v) is 5.88. The van der Waals surface area contributed by atoms with Gasteiger partial charge in [-0.25, -0.2) is 0 Å². The van der Waals surface area contributed by atoms with Crippen LogP contribution in [0.5, 0.6) is 11.5 Å². The van der Waals surface area contributed by atoms with Gasteiger partial charge in [0, 0.05) is 12.0 Å². The minimum Gasteiger partial charge on any atom is -0.504 e. The van der Waals surface area contributed by atoms with Gasteiger partial charge in [-0.3, -0.25) is 4.79 Å². The first-order chi connectivity index (χ1) is 9.68. The third-order valence-electron chi connectivity index (χ3n) is 5.88. The molecule has 3 rings (SSSR count). The molecule has 1 fully saturated rings. The second kappa shape index (κ2) is 4.23. The third kappa shape index (κ3) is 1.81. The van der Waals surface area contributed by atoms with Crippen molar-refractivity contribution >= 4 is 5.78 Å². The van der Waals surface area contributed by atoms with Gasteiger partial charge < -0.3 is 15.3 Å². The van der Waals surface area contributed by atoms with Crippen LogP contribution in [-0.4, -0.2) is 27.2 Å². The van der Waals surface area contributed by atoms with E-state index in [2.05, 4.69) is 6.92 Å². The van der Waals surface area contributed by atoms with Crippen LogP contribution in [0.3, 0.4) is 0 Å². The zero-order valence-corrected chi connectivity index (χ0v) is 12.7. The molecular weight excluding hydrogens is 268 g/mol. The fourth-order valence-electron chi connectivity index (χ4n) is 4.42. The topological polar surface area (TPSA) is 77.8 Å². The monoisotopic (exact) mass is 290 g/mol. The highest BCUT2D eigenvalue weighted by molar-refractivity contribution is 6.00. The Morgan fingerprint density at radius 2 is 1.76 bits per heavy atom. The predicted octanol–water partition coefficient (Wildman–Crippen LogP) is 2.74. The van der Waals surface area contributed by atoms with Crippen LogP contribution in [0.15, 0.2) is 12.1 Å². The van der Waals surface area contributed by atoms with E-state index in [9.17, 15) is 20.1 Å². The van der Waals surface area contributed by atoms with Crippen molar-refractivity contribution in [2.75, 3.05) is 0 Å². The van der Waals surface area contributed by atoms with Crippen LogP contribution in [0.25, 0.3) is 0 Å². The van der Waals surface area contributed by atoms with Crippen molar-refractivity contribution in [3.63, 3.8) is 0 Å². The molecule has 0 radical (unpaired) electrons. The Morgan fingerprint density at radius 3 is 2.43 bits per heavy atom. The molecule has 2 aliphatic carbocycles. The summed E-state index contributed by atoms with van der Waals surface area (Å²) in [6, 6.07) is 2.91. The molecule has 0 bridgehead atoms. The Bertz CT molecular complexity index is 619. The van der Waals surface area contributed by atoms with Crippen LogP contribution in [0.2, 0.25) is 0 Å². The van der Waals surface area contributed by atoms with Crippen molar-refractivity contribution in [2.24, 2.45) is 11.3 Å². The summed E-state index contributed by atoms with van der Waals surface area (Å²) in [4.78, 5) is 12.5. The maximum absolute atomic E-state index is 12.5. The van der Waals surface area contributed by atoms with Gasteiger partial charge in [-0.1, -0.05) is 20.8 Å². The molecule has 0 amide bonds. The summed E-state index contributed by atoms with van der Waals surface area (Å²) in [5, 5.41) is 29.8. The molecule has 1 saturated carbocycles. The molecule has 0 saturated heterocycles. The molecule has 1 aromatic rings. The second-order valence-electron chi connectivity index (χ2n) is 7.36. The molecular formula is C17H22O4. The summed E-state index contributed by atoms with van der Waals surface area (Å²) >= 11 is 0. The summed E-state index contributed by atoms with van der Waals surface area (Å²) in [6.07, 6.45) is 1.40. The Kier molecular flexibility index (Phi) is 2.90. The average Bonchev–Trinajstić information content (AvgIpc) is 2.41. The predicted molar refractivity (Wildman–Crippen MR) is 78.6 cm³/mol. The smallest absolute Gasteiger partial charge is 0.163 e. The van der Waals surface area contributed by atoms with Gasteiger partial charge in [-0.15, -0.1) is 0 Å². The number of phenols is 2. The number of rotatable bonds is 0. The van der Waals surface area contributed by atoms with Crippen LogP contribution in [0.1, 0.15) is 56.0 Å². The minimum atomic E-state index is -0.421. The number of aliphatic hydroxyl groups excluding tert-OH is 1. The number of hydrogen-bond donors (Lipinski definition) is 3. The maximum atomic E-state index is 12.5. The van der Waals surface area contributed by atoms with E-state index in [0.717, 1.165) is 12.0 Å². The van der Waals surface area contributed by atoms with Gasteiger partial charge in [-0.05, 0) is 47.3 Å². The number of phenolic OH excluding ortho intramolecular Hbond substituents is 2. The van der Waals surface area contributed by atoms with E-state index < -0.39 is 6.10 Å². The standard InChI is InChI=1S/C17H22O4/c1-16(2)14-8-11(18)9-6-12(19)13(20)7-10(9)17(14,3)5-4-15(16)21/h6-7,14-15,19-21H,4-5,8H2,1-3H3. The number of carbonyl (C=O) groups excluding carboxylic acids is 1. The Hall–Kier alpha value is -1.55. The van der Waals surface area contributed by atoms with Crippen molar-refractivity contribution in [3.05, 3.63) is 23.3 Å². The van der Waals surface area contributed by atoms with Gasteiger partial charge in [0.1, 0.15) is 0 Å². The molecule has 1 aromatic carbocycles. The lowest BCUT2D eigenvalue weighted by atomic mass is 9.49. The van der Waals surface area contributed by atoms with Gasteiger partial charge in [0.2, 0.25) is 0 Å². The van der Waals surface area contributed by atoms with Crippen LogP contribution >= 0.6 is 0 Å². The normalized spacial score (nSPS) is 34.2. The largest absolute Gasteiger partial charge is 0.504 e. The van der Waals surface area contributed by atoms with E-state index in [-0.39, 0.29) is 34.0 Å². The first-order valence-electron chi connectivity index (χ1n) is 7.45. The van der Waals surface area contributed by atoms with Crippen LogP contribution < -0.4 is 0 Å². The number of aliphatic hydroxyl groups is 1. The zero-order valence-electron chi connectivity index (χ0n) is 12.7. The first-order valence-corrected chi connectivity index (χ1v) is 7.45. The Morgan fingerprint density at radius 1 is 1.14 bits per heavy atom. The number of fused-ring (bicyclic) bond motifs is 3. The molecule has 21 heavy (non-hydrogen) atoms. The molecule has 2 aliphatic rings. The SMILES string of the molecule is CC12CCC(O)C(C)(C)C1CC(=O)c1cc(O)c(O)cc12. The maximum Gasteiger partial charge on any atom is 0.163 e. The highest BCUT2D eigenvalue weighted by Crippen LogP contribution is 2.57. The van der Waals surface area contributed by atoms with Crippen LogP contribution in [0.4, 0.5) is 0 Å². The molecule has 0 spiro atoms. The van der Waals surface area contributed by atoms with Gasteiger partial charge in [0.15, 0.2) is 17.3 Å². The number of benzene rings is 1. The van der Waals surface area contributed by atoms with Crippen LogP contribution in [0, 0.1) is 11.3 Å². The zero-order chi connectivity index (χ0) is 15.6. The van der Waals surface area contributed by atoms with Gasteiger partial charge in [-0.2, -0.15) is 0 Å². The number of carbonyl (C=O) groups is 1. The summed E-state index contributed by atoms with van der Waals surface area (Å²) in [5.41, 5.74) is 0.695. The average molecular weight is 290 g/mol. The summed E-state index contributed by atoms with van der Waals surface area (Å²) in [6.45, 7) is 6.13. The van der Waals surface area contributed by atoms with E-state index >= 15 is 0 Å². The molecule has 114 valence electrons.